The molecule has 8 nitrogen and oxygen atoms in total. The lowest BCUT2D eigenvalue weighted by molar-refractivity contribution is -0.143. The number of alkyl halides is 6. The van der Waals surface area contributed by atoms with Crippen LogP contribution in [0.2, 0.25) is 0 Å². The van der Waals surface area contributed by atoms with Gasteiger partial charge in [0.2, 0.25) is 0 Å². The van der Waals surface area contributed by atoms with E-state index in [2.05, 4.69) is 0 Å². The Kier molecular flexibility index (Phi) is 8.67. The maximum atomic E-state index is 13.6. The molecular formula is C32H29F6N3O5. The van der Waals surface area contributed by atoms with Gasteiger partial charge >= 0.3 is 24.4 Å². The van der Waals surface area contributed by atoms with Crippen molar-refractivity contribution in [2.24, 2.45) is 0 Å². The summed E-state index contributed by atoms with van der Waals surface area (Å²) in [5.41, 5.74) is -0.763. The topological polar surface area (TPSA) is 92.2 Å². The van der Waals surface area contributed by atoms with Gasteiger partial charge in [0.15, 0.2) is 0 Å². The first kappa shape index (κ1) is 32.6. The second-order valence-electron chi connectivity index (χ2n) is 11.0. The molecule has 46 heavy (non-hydrogen) atoms. The highest BCUT2D eigenvalue weighted by Crippen LogP contribution is 2.43. The van der Waals surface area contributed by atoms with Crippen LogP contribution >= 0.6 is 0 Å². The van der Waals surface area contributed by atoms with Crippen LogP contribution < -0.4 is 9.64 Å². The van der Waals surface area contributed by atoms with E-state index in [1.807, 2.05) is 4.90 Å². The van der Waals surface area contributed by atoms with Crippen LogP contribution in [0.1, 0.15) is 53.0 Å². The number of ether oxygens (including phenoxy) is 2. The second kappa shape index (κ2) is 12.2. The fourth-order valence-corrected chi connectivity index (χ4v) is 5.57. The standard InChI is InChI=1S/C32H29F6N3O5/c1-17-19(6-10-27(42)43)5-8-25(45-3)28(17)23-7-9-26(40-11-4-12-40)39-24(23)16-41-18(2)29(46-30(41)44)20-13-21(31(33,34)35)15-22(14-20)32(36,37)38/h5-10,13-15,18,29H,4,11-12,16H2,1-3H3,(H,42,43)/t18-,29-/m0/s1. The number of benzene rings is 2. The number of aromatic nitrogens is 1. The van der Waals surface area contributed by atoms with Crippen LogP contribution in [-0.2, 0) is 28.4 Å². The molecule has 0 spiro atoms. The molecule has 244 valence electrons. The summed E-state index contributed by atoms with van der Waals surface area (Å²) < 4.78 is 92.5. The number of carbonyl (C=O) groups excluding carboxylic acids is 1. The van der Waals surface area contributed by atoms with E-state index in [0.717, 1.165) is 25.6 Å². The van der Waals surface area contributed by atoms with Crippen molar-refractivity contribution >= 4 is 24.0 Å². The van der Waals surface area contributed by atoms with E-state index in [-0.39, 0.29) is 12.6 Å². The second-order valence-corrected chi connectivity index (χ2v) is 11.0. The number of pyridine rings is 1. The van der Waals surface area contributed by atoms with Gasteiger partial charge in [-0.1, -0.05) is 6.07 Å². The highest BCUT2D eigenvalue weighted by atomic mass is 19.4. The van der Waals surface area contributed by atoms with E-state index in [9.17, 15) is 35.9 Å². The first-order valence-electron chi connectivity index (χ1n) is 14.2. The molecule has 0 bridgehead atoms. The number of aliphatic carboxylic acids is 1. The Labute approximate surface area is 259 Å². The lowest BCUT2D eigenvalue weighted by Crippen LogP contribution is -2.38. The molecule has 5 rings (SSSR count). The van der Waals surface area contributed by atoms with Crippen molar-refractivity contribution in [3.63, 3.8) is 0 Å². The molecule has 3 aromatic rings. The summed E-state index contributed by atoms with van der Waals surface area (Å²) in [4.78, 5) is 32.4. The number of carbonyl (C=O) groups is 2. The normalized spacial score (nSPS) is 18.6. The fraction of sp³-hybridized carbons (Fsp3) is 0.344. The number of hydrogen-bond donors (Lipinski definition) is 1. The van der Waals surface area contributed by atoms with Crippen molar-refractivity contribution in [2.45, 2.75) is 51.3 Å². The zero-order valence-corrected chi connectivity index (χ0v) is 24.9. The summed E-state index contributed by atoms with van der Waals surface area (Å²) in [7, 11) is 1.46. The Bertz CT molecular complexity index is 1670. The van der Waals surface area contributed by atoms with Crippen molar-refractivity contribution in [1.29, 1.82) is 0 Å². The molecule has 2 atom stereocenters. The number of carboxylic acids is 1. The van der Waals surface area contributed by atoms with E-state index in [1.54, 1.807) is 31.2 Å². The maximum absolute atomic E-state index is 13.6. The van der Waals surface area contributed by atoms with Crippen molar-refractivity contribution in [2.75, 3.05) is 25.1 Å². The van der Waals surface area contributed by atoms with E-state index < -0.39 is 53.3 Å². The number of amides is 1. The molecule has 2 aliphatic rings. The minimum absolute atomic E-state index is 0.0235. The Morgan fingerprint density at radius 3 is 2.26 bits per heavy atom. The molecular weight excluding hydrogens is 620 g/mol. The zero-order chi connectivity index (χ0) is 33.6. The molecule has 2 aromatic carbocycles. The SMILES string of the molecule is COc1ccc(C=CC(=O)O)c(C)c1-c1ccc(N2CCC2)nc1CN1C(=O)O[C@H](c2cc(C(F)(F)F)cc(C(F)(F)F)c2)[C@@H]1C. The highest BCUT2D eigenvalue weighted by molar-refractivity contribution is 5.87. The molecule has 0 aliphatic carbocycles. The average molecular weight is 650 g/mol. The number of methoxy groups -OCH3 is 1. The lowest BCUT2D eigenvalue weighted by atomic mass is 9.93. The van der Waals surface area contributed by atoms with Crippen LogP contribution in [0.3, 0.4) is 0 Å². The Balaban J connectivity index is 1.57. The number of rotatable bonds is 8. The van der Waals surface area contributed by atoms with Gasteiger partial charge in [-0.25, -0.2) is 14.6 Å². The van der Waals surface area contributed by atoms with Crippen LogP contribution in [0.15, 0.2) is 48.5 Å². The number of halogens is 6. The van der Waals surface area contributed by atoms with Crippen LogP contribution in [-0.4, -0.2) is 53.3 Å². The predicted octanol–water partition coefficient (Wildman–Crippen LogP) is 7.49. The van der Waals surface area contributed by atoms with Crippen LogP contribution in [0.25, 0.3) is 17.2 Å². The smallest absolute Gasteiger partial charge is 0.416 e. The molecule has 0 unspecified atom stereocenters. The Morgan fingerprint density at radius 2 is 1.72 bits per heavy atom. The molecule has 2 fully saturated rings. The van der Waals surface area contributed by atoms with Gasteiger partial charge in [-0.2, -0.15) is 26.3 Å². The first-order chi connectivity index (χ1) is 21.6. The third kappa shape index (κ3) is 6.46. The predicted molar refractivity (Wildman–Crippen MR) is 155 cm³/mol. The fourth-order valence-electron chi connectivity index (χ4n) is 5.57. The lowest BCUT2D eigenvalue weighted by Gasteiger charge is -2.33. The molecule has 1 N–H and O–H groups in total. The number of cyclic esters (lactones) is 1. The van der Waals surface area contributed by atoms with Gasteiger partial charge in [-0.15, -0.1) is 0 Å². The number of nitrogens with zero attached hydrogens (tertiary/aromatic N) is 3. The van der Waals surface area contributed by atoms with E-state index in [1.165, 1.54) is 25.0 Å². The van der Waals surface area contributed by atoms with Crippen LogP contribution in [0.4, 0.5) is 37.0 Å². The van der Waals surface area contributed by atoms with E-state index in [0.29, 0.717) is 51.6 Å². The molecule has 1 amide bonds. The van der Waals surface area contributed by atoms with Crippen LogP contribution in [0, 0.1) is 6.92 Å². The summed E-state index contributed by atoms with van der Waals surface area (Å²) in [5.74, 6) is -0.0893. The largest absolute Gasteiger partial charge is 0.496 e. The van der Waals surface area contributed by atoms with Crippen molar-refractivity contribution in [1.82, 2.24) is 9.88 Å². The van der Waals surface area contributed by atoms with Crippen molar-refractivity contribution in [3.05, 3.63) is 82.1 Å². The summed E-state index contributed by atoms with van der Waals surface area (Å²) in [5, 5.41) is 9.14. The van der Waals surface area contributed by atoms with Gasteiger partial charge in [0, 0.05) is 30.3 Å². The zero-order valence-electron chi connectivity index (χ0n) is 24.9. The van der Waals surface area contributed by atoms with Gasteiger partial charge in [0.1, 0.15) is 17.7 Å². The number of carboxylic acid groups (broad SMARTS) is 1. The third-order valence-corrected chi connectivity index (χ3v) is 8.15. The number of hydrogen-bond acceptors (Lipinski definition) is 6. The van der Waals surface area contributed by atoms with Gasteiger partial charge in [-0.3, -0.25) is 4.90 Å². The van der Waals surface area contributed by atoms with Crippen molar-refractivity contribution in [3.8, 4) is 16.9 Å². The molecule has 0 radical (unpaired) electrons. The van der Waals surface area contributed by atoms with Gasteiger partial charge < -0.3 is 19.5 Å². The van der Waals surface area contributed by atoms with Gasteiger partial charge in [0.05, 0.1) is 36.5 Å². The Hall–Kier alpha value is -4.75. The molecule has 3 heterocycles. The van der Waals surface area contributed by atoms with Crippen LogP contribution in [0.5, 0.6) is 5.75 Å². The average Bonchev–Trinajstić information content (AvgIpc) is 3.23. The number of anilines is 1. The minimum Gasteiger partial charge on any atom is -0.496 e. The molecule has 0 saturated carbocycles. The third-order valence-electron chi connectivity index (χ3n) is 8.15. The summed E-state index contributed by atoms with van der Waals surface area (Å²) in [6, 6.07) is 7.10. The van der Waals surface area contributed by atoms with Gasteiger partial charge in [0.25, 0.3) is 0 Å². The molecule has 2 saturated heterocycles. The maximum Gasteiger partial charge on any atom is 0.416 e. The summed E-state index contributed by atoms with van der Waals surface area (Å²) in [6.45, 7) is 4.55. The van der Waals surface area contributed by atoms with E-state index in [4.69, 9.17) is 19.6 Å². The molecule has 1 aromatic heterocycles. The minimum atomic E-state index is -5.07. The molecule has 14 heteroatoms. The summed E-state index contributed by atoms with van der Waals surface area (Å²) >= 11 is 0. The van der Waals surface area contributed by atoms with Crippen molar-refractivity contribution < 1.29 is 50.5 Å². The quantitative estimate of drug-likeness (QED) is 0.200. The monoisotopic (exact) mass is 649 g/mol. The Morgan fingerprint density at radius 1 is 1.07 bits per heavy atom. The molecule has 2 aliphatic heterocycles. The first-order valence-corrected chi connectivity index (χ1v) is 14.2. The van der Waals surface area contributed by atoms with E-state index >= 15 is 0 Å². The summed E-state index contributed by atoms with van der Waals surface area (Å²) in [6.07, 6.45) is -9.13. The highest BCUT2D eigenvalue weighted by Gasteiger charge is 2.43. The van der Waals surface area contributed by atoms with Gasteiger partial charge in [-0.05, 0) is 79.4 Å².